The van der Waals surface area contributed by atoms with E-state index in [1.807, 2.05) is 6.92 Å². The van der Waals surface area contributed by atoms with E-state index >= 15 is 0 Å². The predicted molar refractivity (Wildman–Crippen MR) is 77.7 cm³/mol. The fourth-order valence-corrected chi connectivity index (χ4v) is 3.31. The molecule has 7 nitrogen and oxygen atoms in total. The highest BCUT2D eigenvalue weighted by Crippen LogP contribution is 2.40. The molecule has 8 heteroatoms. The summed E-state index contributed by atoms with van der Waals surface area (Å²) >= 11 is 1.51. The van der Waals surface area contributed by atoms with Gasteiger partial charge in [0.15, 0.2) is 11.5 Å². The standard InChI is InChI=1S/C13H14N4O3S/c1-2-20-11-5-9(3-4-10(11)18)13-17(12(19)6-21-13)16-7-14-15-8-16/h3-5,7-8,13,18H,2,6H2,1H3. The fraction of sp³-hybridized carbons (Fsp3) is 0.308. The second kappa shape index (κ2) is 5.65. The van der Waals surface area contributed by atoms with Gasteiger partial charge in [-0.15, -0.1) is 22.0 Å². The molecular weight excluding hydrogens is 292 g/mol. The molecule has 0 saturated carbocycles. The van der Waals surface area contributed by atoms with Crippen LogP contribution in [-0.2, 0) is 4.79 Å². The fourth-order valence-electron chi connectivity index (χ4n) is 2.17. The topological polar surface area (TPSA) is 80.5 Å². The lowest BCUT2D eigenvalue weighted by atomic mass is 10.2. The molecule has 0 spiro atoms. The number of hydrogen-bond donors (Lipinski definition) is 1. The smallest absolute Gasteiger partial charge is 0.252 e. The largest absolute Gasteiger partial charge is 0.504 e. The van der Waals surface area contributed by atoms with Gasteiger partial charge >= 0.3 is 0 Å². The molecular formula is C13H14N4O3S. The van der Waals surface area contributed by atoms with Crippen molar-refractivity contribution in [2.24, 2.45) is 0 Å². The number of nitrogens with zero attached hydrogens (tertiary/aromatic N) is 4. The van der Waals surface area contributed by atoms with E-state index in [-0.39, 0.29) is 17.0 Å². The van der Waals surface area contributed by atoms with Crippen molar-refractivity contribution in [2.75, 3.05) is 17.4 Å². The summed E-state index contributed by atoms with van der Waals surface area (Å²) in [5.41, 5.74) is 0.876. The Balaban J connectivity index is 1.95. The molecule has 1 unspecified atom stereocenters. The zero-order chi connectivity index (χ0) is 14.8. The van der Waals surface area contributed by atoms with E-state index in [1.54, 1.807) is 27.9 Å². The van der Waals surface area contributed by atoms with Crippen LogP contribution in [-0.4, -0.2) is 38.2 Å². The van der Waals surface area contributed by atoms with Gasteiger partial charge in [-0.05, 0) is 24.6 Å². The first-order chi connectivity index (χ1) is 10.2. The Morgan fingerprint density at radius 3 is 2.90 bits per heavy atom. The number of carbonyl (C=O) groups is 1. The summed E-state index contributed by atoms with van der Waals surface area (Å²) in [7, 11) is 0. The van der Waals surface area contributed by atoms with Crippen LogP contribution in [0.25, 0.3) is 0 Å². The number of aromatic hydroxyl groups is 1. The molecule has 0 radical (unpaired) electrons. The molecule has 1 atom stereocenters. The number of amides is 1. The maximum atomic E-state index is 12.1. The molecule has 3 rings (SSSR count). The van der Waals surface area contributed by atoms with Crippen molar-refractivity contribution < 1.29 is 14.6 Å². The summed E-state index contributed by atoms with van der Waals surface area (Å²) in [6, 6.07) is 5.12. The molecule has 0 bridgehead atoms. The molecule has 110 valence electrons. The van der Waals surface area contributed by atoms with Gasteiger partial charge in [-0.1, -0.05) is 6.07 Å². The monoisotopic (exact) mass is 306 g/mol. The van der Waals surface area contributed by atoms with Crippen LogP contribution in [0.2, 0.25) is 0 Å². The number of phenolic OH excluding ortho intramolecular Hbond substituents is 1. The third-order valence-electron chi connectivity index (χ3n) is 3.07. The molecule has 1 aromatic carbocycles. The normalized spacial score (nSPS) is 18.2. The number of carbonyl (C=O) groups excluding carboxylic acids is 1. The number of ether oxygens (including phenoxy) is 1. The van der Waals surface area contributed by atoms with Crippen LogP contribution in [0.15, 0.2) is 30.9 Å². The summed E-state index contributed by atoms with van der Waals surface area (Å²) in [5.74, 6) is 0.869. The number of hydrogen-bond acceptors (Lipinski definition) is 6. The highest BCUT2D eigenvalue weighted by molar-refractivity contribution is 8.00. The average molecular weight is 306 g/mol. The Hall–Kier alpha value is -2.22. The van der Waals surface area contributed by atoms with Gasteiger partial charge in [0.05, 0.1) is 12.4 Å². The minimum Gasteiger partial charge on any atom is -0.504 e. The number of aromatic nitrogens is 3. The molecule has 0 aliphatic carbocycles. The van der Waals surface area contributed by atoms with Crippen LogP contribution in [0.3, 0.4) is 0 Å². The number of phenols is 1. The Morgan fingerprint density at radius 1 is 1.43 bits per heavy atom. The minimum atomic E-state index is -0.201. The summed E-state index contributed by atoms with van der Waals surface area (Å²) in [6.07, 6.45) is 2.97. The van der Waals surface area contributed by atoms with E-state index < -0.39 is 0 Å². The number of rotatable bonds is 4. The summed E-state index contributed by atoms with van der Waals surface area (Å²) in [5, 5.41) is 18.6. The molecule has 1 saturated heterocycles. The molecule has 1 fully saturated rings. The Labute approximate surface area is 125 Å². The van der Waals surface area contributed by atoms with Gasteiger partial charge in [-0.2, -0.15) is 0 Å². The lowest BCUT2D eigenvalue weighted by Gasteiger charge is -2.24. The van der Waals surface area contributed by atoms with E-state index in [2.05, 4.69) is 10.2 Å². The van der Waals surface area contributed by atoms with E-state index in [0.717, 1.165) is 5.56 Å². The van der Waals surface area contributed by atoms with Crippen LogP contribution in [0.5, 0.6) is 11.5 Å². The van der Waals surface area contributed by atoms with Gasteiger partial charge < -0.3 is 9.84 Å². The van der Waals surface area contributed by atoms with Crippen molar-refractivity contribution in [2.45, 2.75) is 12.3 Å². The van der Waals surface area contributed by atoms with E-state index in [4.69, 9.17) is 4.74 Å². The maximum absolute atomic E-state index is 12.1. The van der Waals surface area contributed by atoms with Crippen molar-refractivity contribution in [1.82, 2.24) is 14.9 Å². The predicted octanol–water partition coefficient (Wildman–Crippen LogP) is 1.29. The maximum Gasteiger partial charge on any atom is 0.252 e. The first kappa shape index (κ1) is 13.7. The Morgan fingerprint density at radius 2 is 2.19 bits per heavy atom. The van der Waals surface area contributed by atoms with Crippen molar-refractivity contribution in [3.63, 3.8) is 0 Å². The van der Waals surface area contributed by atoms with Crippen LogP contribution in [0.4, 0.5) is 0 Å². The van der Waals surface area contributed by atoms with Crippen molar-refractivity contribution in [3.05, 3.63) is 36.4 Å². The third kappa shape index (κ3) is 2.54. The van der Waals surface area contributed by atoms with Crippen LogP contribution in [0.1, 0.15) is 17.9 Å². The highest BCUT2D eigenvalue weighted by Gasteiger charge is 2.34. The summed E-state index contributed by atoms with van der Waals surface area (Å²) in [4.78, 5) is 12.1. The summed E-state index contributed by atoms with van der Waals surface area (Å²) < 4.78 is 6.97. The van der Waals surface area contributed by atoms with Gasteiger partial charge in [-0.3, -0.25) is 4.79 Å². The first-order valence-corrected chi connectivity index (χ1v) is 7.50. The van der Waals surface area contributed by atoms with Gasteiger partial charge in [0.1, 0.15) is 18.0 Å². The van der Waals surface area contributed by atoms with Crippen molar-refractivity contribution >= 4 is 17.7 Å². The van der Waals surface area contributed by atoms with Gasteiger partial charge in [-0.25, -0.2) is 9.69 Å². The second-order valence-electron chi connectivity index (χ2n) is 4.40. The summed E-state index contributed by atoms with van der Waals surface area (Å²) in [6.45, 7) is 2.31. The van der Waals surface area contributed by atoms with Crippen LogP contribution >= 0.6 is 11.8 Å². The van der Waals surface area contributed by atoms with Crippen LogP contribution in [0, 0.1) is 0 Å². The average Bonchev–Trinajstić information content (AvgIpc) is 3.10. The van der Waals surface area contributed by atoms with Crippen LogP contribution < -0.4 is 9.75 Å². The molecule has 1 aliphatic heterocycles. The molecule has 1 aliphatic rings. The van der Waals surface area contributed by atoms with E-state index in [1.165, 1.54) is 24.4 Å². The molecule has 1 N–H and O–H groups in total. The lowest BCUT2D eigenvalue weighted by molar-refractivity contribution is -0.117. The molecule has 2 heterocycles. The Bertz CT molecular complexity index is 647. The molecule has 1 amide bonds. The molecule has 1 aromatic heterocycles. The van der Waals surface area contributed by atoms with Crippen molar-refractivity contribution in [3.8, 4) is 11.5 Å². The Kier molecular flexibility index (Phi) is 3.70. The van der Waals surface area contributed by atoms with E-state index in [9.17, 15) is 9.90 Å². The van der Waals surface area contributed by atoms with Gasteiger partial charge in [0.25, 0.3) is 5.91 Å². The third-order valence-corrected chi connectivity index (χ3v) is 4.27. The zero-order valence-electron chi connectivity index (χ0n) is 11.3. The van der Waals surface area contributed by atoms with Gasteiger partial charge in [0.2, 0.25) is 0 Å². The second-order valence-corrected chi connectivity index (χ2v) is 5.47. The van der Waals surface area contributed by atoms with Crippen molar-refractivity contribution in [1.29, 1.82) is 0 Å². The SMILES string of the molecule is CCOc1cc(C2SCC(=O)N2n2cnnc2)ccc1O. The quantitative estimate of drug-likeness (QED) is 0.917. The van der Waals surface area contributed by atoms with Gasteiger partial charge in [0, 0.05) is 0 Å². The molecule has 2 aromatic rings. The number of thioether (sulfide) groups is 1. The molecule has 21 heavy (non-hydrogen) atoms. The minimum absolute atomic E-state index is 0.0177. The first-order valence-electron chi connectivity index (χ1n) is 6.45. The highest BCUT2D eigenvalue weighted by atomic mass is 32.2. The van der Waals surface area contributed by atoms with E-state index in [0.29, 0.717) is 18.1 Å². The zero-order valence-corrected chi connectivity index (χ0v) is 12.2. The number of benzene rings is 1. The lowest BCUT2D eigenvalue weighted by Crippen LogP contribution is -2.37.